The van der Waals surface area contributed by atoms with E-state index in [9.17, 15) is 13.6 Å². The average Bonchev–Trinajstić information content (AvgIpc) is 2.16. The van der Waals surface area contributed by atoms with E-state index in [-0.39, 0.29) is 5.56 Å². The molecule has 1 aromatic rings. The van der Waals surface area contributed by atoms with E-state index in [4.69, 9.17) is 22.6 Å². The predicted octanol–water partition coefficient (Wildman–Crippen LogP) is 1.85. The lowest BCUT2D eigenvalue weighted by atomic mass is 10.1. The molecule has 0 atom stereocenters. The van der Waals surface area contributed by atoms with Gasteiger partial charge in [0.2, 0.25) is 0 Å². The number of aromatic nitrogens is 1. The van der Waals surface area contributed by atoms with Gasteiger partial charge in [0.1, 0.15) is 11.8 Å². The first-order valence-corrected chi connectivity index (χ1v) is 4.03. The number of alkyl halides is 2. The number of carbonyl (C=O) groups is 1. The maximum absolute atomic E-state index is 12.5. The van der Waals surface area contributed by atoms with Gasteiger partial charge in [-0.25, -0.2) is 13.8 Å². The highest BCUT2D eigenvalue weighted by atomic mass is 35.5. The number of nitrogen functional groups attached to an aromatic ring is 1. The molecule has 0 aliphatic heterocycles. The monoisotopic (exact) mass is 231 g/mol. The quantitative estimate of drug-likeness (QED) is 0.788. The van der Waals surface area contributed by atoms with E-state index in [0.29, 0.717) is 0 Å². The molecule has 0 aliphatic carbocycles. The molecule has 0 amide bonds. The Kier molecular flexibility index (Phi) is 3.17. The summed E-state index contributed by atoms with van der Waals surface area (Å²) in [7, 11) is 0. The van der Waals surface area contributed by atoms with Gasteiger partial charge in [0.15, 0.2) is 0 Å². The van der Waals surface area contributed by atoms with E-state index >= 15 is 0 Å². The number of anilines is 1. The van der Waals surface area contributed by atoms with Crippen LogP contribution in [0.15, 0.2) is 6.20 Å². The molecule has 4 nitrogen and oxygen atoms in total. The van der Waals surface area contributed by atoms with Crippen LogP contribution in [-0.2, 0) is 0 Å². The smallest absolute Gasteiger partial charge is 0.271 e. The maximum Gasteiger partial charge on any atom is 0.271 e. The fourth-order valence-electron chi connectivity index (χ4n) is 1.01. The van der Waals surface area contributed by atoms with Crippen LogP contribution in [0.1, 0.15) is 28.0 Å². The van der Waals surface area contributed by atoms with Crippen molar-refractivity contribution in [3.63, 3.8) is 0 Å². The number of nitrogens with zero attached hydrogens (tertiary/aromatic N) is 2. The Balaban J connectivity index is 3.53. The molecule has 7 heteroatoms. The van der Waals surface area contributed by atoms with Crippen LogP contribution in [0.3, 0.4) is 0 Å². The van der Waals surface area contributed by atoms with Crippen LogP contribution in [0.25, 0.3) is 0 Å². The highest BCUT2D eigenvalue weighted by Crippen LogP contribution is 2.30. The van der Waals surface area contributed by atoms with Gasteiger partial charge in [0, 0.05) is 6.20 Å². The van der Waals surface area contributed by atoms with Gasteiger partial charge < -0.3 is 5.73 Å². The van der Waals surface area contributed by atoms with Gasteiger partial charge in [-0.3, -0.25) is 4.79 Å². The van der Waals surface area contributed by atoms with Gasteiger partial charge in [-0.2, -0.15) is 5.26 Å². The zero-order valence-corrected chi connectivity index (χ0v) is 7.92. The Morgan fingerprint density at radius 2 is 2.27 bits per heavy atom. The molecule has 0 aliphatic rings. The summed E-state index contributed by atoms with van der Waals surface area (Å²) < 4.78 is 25.0. The minimum Gasteiger partial charge on any atom is -0.397 e. The highest BCUT2D eigenvalue weighted by molar-refractivity contribution is 6.67. The van der Waals surface area contributed by atoms with E-state index in [1.54, 1.807) is 6.07 Å². The zero-order chi connectivity index (χ0) is 11.6. The van der Waals surface area contributed by atoms with Crippen LogP contribution in [0.4, 0.5) is 14.5 Å². The molecular formula is C8H4ClF2N3O. The van der Waals surface area contributed by atoms with Gasteiger partial charge in [-0.1, -0.05) is 0 Å². The lowest BCUT2D eigenvalue weighted by Gasteiger charge is -2.08. The first-order valence-electron chi connectivity index (χ1n) is 3.65. The van der Waals surface area contributed by atoms with Gasteiger partial charge in [0.25, 0.3) is 11.7 Å². The third kappa shape index (κ3) is 2.02. The van der Waals surface area contributed by atoms with Crippen molar-refractivity contribution in [2.45, 2.75) is 6.43 Å². The summed E-state index contributed by atoms with van der Waals surface area (Å²) in [5.74, 6) is 0. The first-order chi connectivity index (χ1) is 6.99. The Morgan fingerprint density at radius 1 is 1.67 bits per heavy atom. The molecule has 0 saturated heterocycles. The van der Waals surface area contributed by atoms with E-state index < -0.39 is 28.6 Å². The second-order valence-electron chi connectivity index (χ2n) is 2.53. The fourth-order valence-corrected chi connectivity index (χ4v) is 1.16. The fraction of sp³-hybridized carbons (Fsp3) is 0.125. The van der Waals surface area contributed by atoms with Crippen LogP contribution in [0.5, 0.6) is 0 Å². The maximum atomic E-state index is 12.5. The number of hydrogen-bond donors (Lipinski definition) is 1. The summed E-state index contributed by atoms with van der Waals surface area (Å²) in [5.41, 5.74) is 3.18. The molecule has 0 saturated carbocycles. The van der Waals surface area contributed by atoms with Crippen molar-refractivity contribution in [3.05, 3.63) is 23.0 Å². The Hall–Kier alpha value is -1.74. The minimum atomic E-state index is -3.01. The number of nitriles is 1. The largest absolute Gasteiger partial charge is 0.397 e. The molecule has 78 valence electrons. The lowest BCUT2D eigenvalue weighted by molar-refractivity contribution is 0.106. The van der Waals surface area contributed by atoms with Crippen molar-refractivity contribution in [1.82, 2.24) is 4.98 Å². The van der Waals surface area contributed by atoms with E-state index in [0.717, 1.165) is 6.20 Å². The van der Waals surface area contributed by atoms with Crippen molar-refractivity contribution >= 4 is 22.5 Å². The lowest BCUT2D eigenvalue weighted by Crippen LogP contribution is -2.08. The van der Waals surface area contributed by atoms with Crippen molar-refractivity contribution in [1.29, 1.82) is 5.26 Å². The third-order valence-electron chi connectivity index (χ3n) is 1.68. The molecule has 0 unspecified atom stereocenters. The molecule has 0 fully saturated rings. The van der Waals surface area contributed by atoms with E-state index in [2.05, 4.69) is 4.98 Å². The third-order valence-corrected chi connectivity index (χ3v) is 1.86. The molecule has 0 radical (unpaired) electrons. The number of halogens is 3. The second-order valence-corrected chi connectivity index (χ2v) is 2.88. The molecule has 1 aromatic heterocycles. The van der Waals surface area contributed by atoms with Crippen molar-refractivity contribution in [2.24, 2.45) is 0 Å². The van der Waals surface area contributed by atoms with Crippen LogP contribution in [0.2, 0.25) is 0 Å². The van der Waals surface area contributed by atoms with Gasteiger partial charge >= 0.3 is 0 Å². The summed E-state index contributed by atoms with van der Waals surface area (Å²) >= 11 is 5.05. The molecule has 0 spiro atoms. The Bertz CT molecular complexity index is 456. The highest BCUT2D eigenvalue weighted by Gasteiger charge is 2.23. The molecule has 1 heterocycles. The normalized spacial score (nSPS) is 10.1. The topological polar surface area (TPSA) is 79.8 Å². The van der Waals surface area contributed by atoms with Crippen LogP contribution < -0.4 is 5.73 Å². The summed E-state index contributed by atoms with van der Waals surface area (Å²) in [6, 6.07) is 1.58. The first kappa shape index (κ1) is 11.3. The Labute approximate surface area is 88.3 Å². The summed E-state index contributed by atoms with van der Waals surface area (Å²) in [4.78, 5) is 14.1. The van der Waals surface area contributed by atoms with Gasteiger partial charge in [-0.05, 0) is 11.6 Å². The number of pyridine rings is 1. The summed E-state index contributed by atoms with van der Waals surface area (Å²) in [5, 5.41) is 7.38. The van der Waals surface area contributed by atoms with E-state index in [1.807, 2.05) is 0 Å². The van der Waals surface area contributed by atoms with Crippen molar-refractivity contribution in [3.8, 4) is 6.07 Å². The number of hydrogen-bond acceptors (Lipinski definition) is 4. The molecule has 2 N–H and O–H groups in total. The second kappa shape index (κ2) is 4.19. The molecule has 0 bridgehead atoms. The van der Waals surface area contributed by atoms with Crippen LogP contribution in [-0.4, -0.2) is 10.2 Å². The molecule has 0 aromatic carbocycles. The zero-order valence-electron chi connectivity index (χ0n) is 7.17. The van der Waals surface area contributed by atoms with Gasteiger partial charge in [-0.15, -0.1) is 0 Å². The molecule has 1 rings (SSSR count). The van der Waals surface area contributed by atoms with E-state index in [1.165, 1.54) is 0 Å². The van der Waals surface area contributed by atoms with Crippen molar-refractivity contribution in [2.75, 3.05) is 5.73 Å². The van der Waals surface area contributed by atoms with Crippen molar-refractivity contribution < 1.29 is 13.6 Å². The predicted molar refractivity (Wildman–Crippen MR) is 48.5 cm³/mol. The molecular weight excluding hydrogens is 228 g/mol. The Morgan fingerprint density at radius 3 is 2.67 bits per heavy atom. The SMILES string of the molecule is N#Cc1cnc(C(=O)Cl)c(C(F)F)c1N. The standard InChI is InChI=1S/C8H4ClF2N3O/c9-7(15)6-4(8(10)11)5(13)3(1-12)2-14-6/h2,8H,(H2,13,14). The van der Waals surface area contributed by atoms with Crippen LogP contribution in [0, 0.1) is 11.3 Å². The number of rotatable bonds is 2. The number of carbonyl (C=O) groups excluding carboxylic acids is 1. The number of nitrogens with two attached hydrogens (primary N) is 1. The summed E-state index contributed by atoms with van der Waals surface area (Å²) in [6.07, 6.45) is -2.08. The molecule has 15 heavy (non-hydrogen) atoms. The summed E-state index contributed by atoms with van der Waals surface area (Å²) in [6.45, 7) is 0. The average molecular weight is 232 g/mol. The minimum absolute atomic E-state index is 0.216. The van der Waals surface area contributed by atoms with Crippen LogP contribution >= 0.6 is 11.6 Å². The van der Waals surface area contributed by atoms with Gasteiger partial charge in [0.05, 0.1) is 16.8 Å².